The zero-order valence-corrected chi connectivity index (χ0v) is 21.4. The number of aromatic nitrogens is 1. The van der Waals surface area contributed by atoms with Crippen molar-refractivity contribution >= 4 is 51.4 Å². The van der Waals surface area contributed by atoms with Crippen molar-refractivity contribution in [2.24, 2.45) is 5.92 Å². The largest absolute Gasteiger partial charge is 0.466 e. The first-order valence-electron chi connectivity index (χ1n) is 12.3. The van der Waals surface area contributed by atoms with Crippen LogP contribution in [0.15, 0.2) is 47.4 Å². The number of nitrogens with zero attached hydrogens (tertiary/aromatic N) is 2. The monoisotopic (exact) mass is 495 g/mol. The van der Waals surface area contributed by atoms with Crippen molar-refractivity contribution in [2.45, 2.75) is 51.1 Å². The van der Waals surface area contributed by atoms with Crippen LogP contribution in [0.1, 0.15) is 33.6 Å². The quantitative estimate of drug-likeness (QED) is 0.374. The number of hydrogen-bond acceptors (Lipinski definition) is 5. The highest BCUT2D eigenvalue weighted by Gasteiger charge is 2.33. The molecule has 2 amide bonds. The number of rotatable bonds is 8. The second-order valence-corrected chi connectivity index (χ2v) is 9.97. The Kier molecular flexibility index (Phi) is 8.00. The molecule has 1 fully saturated rings. The Morgan fingerprint density at radius 3 is 2.63 bits per heavy atom. The summed E-state index contributed by atoms with van der Waals surface area (Å²) in [6.45, 7) is 7.48. The number of amides is 2. The molecule has 1 N–H and O–H groups in total. The molecule has 1 aliphatic heterocycles. The summed E-state index contributed by atoms with van der Waals surface area (Å²) in [5, 5.41) is 5.22. The van der Waals surface area contributed by atoms with E-state index in [1.807, 2.05) is 0 Å². The second-order valence-electron chi connectivity index (χ2n) is 8.88. The molecule has 4 rings (SSSR count). The lowest BCUT2D eigenvalue weighted by molar-refractivity contribution is -0.151. The van der Waals surface area contributed by atoms with Crippen molar-refractivity contribution in [1.29, 1.82) is 0 Å². The molecule has 1 saturated heterocycles. The van der Waals surface area contributed by atoms with Crippen molar-refractivity contribution in [2.75, 3.05) is 25.4 Å². The van der Waals surface area contributed by atoms with Gasteiger partial charge >= 0.3 is 5.97 Å². The minimum Gasteiger partial charge on any atom is -0.466 e. The molecule has 7 nitrogen and oxygen atoms in total. The van der Waals surface area contributed by atoms with Gasteiger partial charge in [-0.1, -0.05) is 18.2 Å². The van der Waals surface area contributed by atoms with Gasteiger partial charge in [0, 0.05) is 59.0 Å². The van der Waals surface area contributed by atoms with Crippen LogP contribution in [0.4, 0.5) is 0 Å². The molecule has 2 atom stereocenters. The molecule has 3 aromatic rings. The van der Waals surface area contributed by atoms with Gasteiger partial charge in [-0.25, -0.2) is 0 Å². The van der Waals surface area contributed by atoms with Crippen LogP contribution in [0.5, 0.6) is 0 Å². The summed E-state index contributed by atoms with van der Waals surface area (Å²) in [5.74, 6) is -0.544. The summed E-state index contributed by atoms with van der Waals surface area (Å²) in [7, 11) is 0. The molecule has 0 radical (unpaired) electrons. The Bertz CT molecular complexity index is 1240. The first kappa shape index (κ1) is 25.1. The predicted molar refractivity (Wildman–Crippen MR) is 139 cm³/mol. The summed E-state index contributed by atoms with van der Waals surface area (Å²) in [6, 6.07) is 14.1. The van der Waals surface area contributed by atoms with Gasteiger partial charge < -0.3 is 19.5 Å². The molecule has 186 valence electrons. The van der Waals surface area contributed by atoms with Gasteiger partial charge in [-0.3, -0.25) is 14.4 Å². The number of carbonyl (C=O) groups excluding carboxylic acids is 3. The average molecular weight is 496 g/mol. The third-order valence-electron chi connectivity index (χ3n) is 6.51. The minimum absolute atomic E-state index is 0.148. The highest BCUT2D eigenvalue weighted by Crippen LogP contribution is 2.32. The Balaban J connectivity index is 1.51. The van der Waals surface area contributed by atoms with Gasteiger partial charge in [0.2, 0.25) is 11.8 Å². The number of nitrogens with one attached hydrogen (secondary N) is 1. The molecule has 2 unspecified atom stereocenters. The zero-order valence-electron chi connectivity index (χ0n) is 20.6. The van der Waals surface area contributed by atoms with Crippen LogP contribution in [-0.2, 0) is 25.7 Å². The molecular weight excluding hydrogens is 462 g/mol. The summed E-state index contributed by atoms with van der Waals surface area (Å²) in [5.41, 5.74) is 2.39. The van der Waals surface area contributed by atoms with Crippen LogP contribution < -0.4 is 5.32 Å². The van der Waals surface area contributed by atoms with Crippen molar-refractivity contribution in [1.82, 2.24) is 14.8 Å². The Hall–Kier alpha value is -3.00. The van der Waals surface area contributed by atoms with Gasteiger partial charge in [-0.15, -0.1) is 11.8 Å². The molecule has 0 spiro atoms. The van der Waals surface area contributed by atoms with E-state index in [0.29, 0.717) is 31.9 Å². The molecule has 35 heavy (non-hydrogen) atoms. The number of benzene rings is 2. The summed E-state index contributed by atoms with van der Waals surface area (Å²) >= 11 is 1.56. The molecular formula is C27H33N3O4S. The molecule has 8 heteroatoms. The smallest absolute Gasteiger partial charge is 0.310 e. The summed E-state index contributed by atoms with van der Waals surface area (Å²) < 4.78 is 7.47. The number of ether oxygens (including phenoxy) is 1. The van der Waals surface area contributed by atoms with E-state index < -0.39 is 6.04 Å². The number of fused-ring (bicyclic) bond motifs is 3. The minimum atomic E-state index is -0.661. The maximum Gasteiger partial charge on any atom is 0.310 e. The Labute approximate surface area is 210 Å². The zero-order chi connectivity index (χ0) is 24.9. The van der Waals surface area contributed by atoms with Gasteiger partial charge in [-0.2, -0.15) is 0 Å². The van der Waals surface area contributed by atoms with Gasteiger partial charge in [0.1, 0.15) is 6.04 Å². The number of thioether (sulfide) groups is 1. The predicted octanol–water partition coefficient (Wildman–Crippen LogP) is 4.21. The Morgan fingerprint density at radius 1 is 1.11 bits per heavy atom. The normalized spacial score (nSPS) is 16.9. The Morgan fingerprint density at radius 2 is 1.89 bits per heavy atom. The van der Waals surface area contributed by atoms with Crippen molar-refractivity contribution in [3.05, 3.63) is 42.5 Å². The topological polar surface area (TPSA) is 80.6 Å². The highest BCUT2D eigenvalue weighted by atomic mass is 32.2. The van der Waals surface area contributed by atoms with E-state index in [9.17, 15) is 14.4 Å². The number of carbonyl (C=O) groups is 3. The SMILES string of the molecule is CCOC(=O)C1CCCN(C(=O)C(CSc2ccc3c(c2)c2ccccc2n3CC)NC(C)=O)C1. The number of esters is 1. The maximum atomic E-state index is 13.4. The van der Waals surface area contributed by atoms with Crippen LogP contribution in [0.2, 0.25) is 0 Å². The van der Waals surface area contributed by atoms with Crippen LogP contribution >= 0.6 is 11.8 Å². The second kappa shape index (κ2) is 11.2. The lowest BCUT2D eigenvalue weighted by atomic mass is 9.97. The molecule has 2 heterocycles. The van der Waals surface area contributed by atoms with E-state index >= 15 is 0 Å². The standard InChI is InChI=1S/C27H33N3O4S/c1-4-30-24-11-7-6-10-21(24)22-15-20(12-13-25(22)30)35-17-23(28-18(3)31)26(32)29-14-8-9-19(16-29)27(33)34-5-2/h6-7,10-13,15,19,23H,4-5,8-9,14,16-17H2,1-3H3,(H,28,31). The van der Waals surface area contributed by atoms with Crippen LogP contribution in [0.25, 0.3) is 21.8 Å². The van der Waals surface area contributed by atoms with E-state index in [4.69, 9.17) is 4.74 Å². The van der Waals surface area contributed by atoms with Crippen LogP contribution in [0, 0.1) is 5.92 Å². The van der Waals surface area contributed by atoms with E-state index in [2.05, 4.69) is 59.3 Å². The highest BCUT2D eigenvalue weighted by molar-refractivity contribution is 7.99. The maximum absolute atomic E-state index is 13.4. The third kappa shape index (κ3) is 5.48. The molecule has 0 bridgehead atoms. The fraction of sp³-hybridized carbons (Fsp3) is 0.444. The summed E-state index contributed by atoms with van der Waals surface area (Å²) in [4.78, 5) is 40.2. The van der Waals surface area contributed by atoms with Crippen molar-refractivity contribution in [3.63, 3.8) is 0 Å². The van der Waals surface area contributed by atoms with Gasteiger partial charge in [0.05, 0.1) is 12.5 Å². The van der Waals surface area contributed by atoms with Gasteiger partial charge in [-0.05, 0) is 51.0 Å². The summed E-state index contributed by atoms with van der Waals surface area (Å²) in [6.07, 6.45) is 1.46. The number of piperidine rings is 1. The lowest BCUT2D eigenvalue weighted by Crippen LogP contribution is -2.52. The van der Waals surface area contributed by atoms with Gasteiger partial charge in [0.15, 0.2) is 0 Å². The van der Waals surface area contributed by atoms with Crippen LogP contribution in [0.3, 0.4) is 0 Å². The lowest BCUT2D eigenvalue weighted by Gasteiger charge is -2.34. The van der Waals surface area contributed by atoms with Crippen LogP contribution in [-0.4, -0.2) is 58.7 Å². The molecule has 2 aromatic carbocycles. The molecule has 0 aliphatic carbocycles. The first-order chi connectivity index (χ1) is 16.9. The number of hydrogen-bond donors (Lipinski definition) is 1. The fourth-order valence-corrected chi connectivity index (χ4v) is 5.86. The number of aryl methyl sites for hydroxylation is 1. The number of para-hydroxylation sites is 1. The van der Waals surface area contributed by atoms with Crippen molar-refractivity contribution in [3.8, 4) is 0 Å². The first-order valence-corrected chi connectivity index (χ1v) is 13.3. The third-order valence-corrected chi connectivity index (χ3v) is 7.59. The average Bonchev–Trinajstić information content (AvgIpc) is 3.19. The molecule has 1 aliphatic rings. The van der Waals surface area contributed by atoms with Gasteiger partial charge in [0.25, 0.3) is 0 Å². The van der Waals surface area contributed by atoms with E-state index in [0.717, 1.165) is 17.9 Å². The van der Waals surface area contributed by atoms with E-state index in [1.165, 1.54) is 28.7 Å². The fourth-order valence-electron chi connectivity index (χ4n) is 4.91. The molecule has 1 aromatic heterocycles. The van der Waals surface area contributed by atoms with E-state index in [-0.39, 0.29) is 23.7 Å². The van der Waals surface area contributed by atoms with E-state index in [1.54, 1.807) is 23.6 Å². The molecule has 0 saturated carbocycles. The van der Waals surface area contributed by atoms with Crippen molar-refractivity contribution < 1.29 is 19.1 Å². The number of likely N-dealkylation sites (tertiary alicyclic amines) is 1.